The number of rotatable bonds is 1. The first kappa shape index (κ1) is 13.1. The molecule has 112 valence electrons. The van der Waals surface area contributed by atoms with Gasteiger partial charge in [-0.15, -0.1) is 0 Å². The summed E-state index contributed by atoms with van der Waals surface area (Å²) in [4.78, 5) is 11.9. The first-order chi connectivity index (χ1) is 10.6. The molecule has 1 N–H and O–H groups in total. The molecule has 0 bridgehead atoms. The number of benzene rings is 2. The molecule has 2 aromatic rings. The third-order valence-corrected chi connectivity index (χ3v) is 3.87. The van der Waals surface area contributed by atoms with Crippen molar-refractivity contribution >= 4 is 11.6 Å². The Labute approximate surface area is 124 Å². The van der Waals surface area contributed by atoms with Crippen molar-refractivity contribution in [1.82, 2.24) is 0 Å². The maximum absolute atomic E-state index is 13.5. The van der Waals surface area contributed by atoms with Gasteiger partial charge in [-0.1, -0.05) is 0 Å². The van der Waals surface area contributed by atoms with E-state index in [4.69, 9.17) is 9.47 Å². The van der Waals surface area contributed by atoms with Gasteiger partial charge in [0.25, 0.3) is 0 Å². The normalized spacial score (nSPS) is 18.8. The zero-order valence-corrected chi connectivity index (χ0v) is 11.4. The first-order valence-corrected chi connectivity index (χ1v) is 6.79. The lowest BCUT2D eigenvalue weighted by molar-refractivity contribution is -0.116. The van der Waals surface area contributed by atoms with Gasteiger partial charge in [-0.3, -0.25) is 4.79 Å². The lowest BCUT2D eigenvalue weighted by atomic mass is 9.84. The fourth-order valence-electron chi connectivity index (χ4n) is 2.92. The van der Waals surface area contributed by atoms with Crippen molar-refractivity contribution in [3.8, 4) is 11.5 Å². The second-order valence-corrected chi connectivity index (χ2v) is 5.30. The number of hydrogen-bond donors (Lipinski definition) is 1. The average Bonchev–Trinajstić information content (AvgIpc) is 2.90. The van der Waals surface area contributed by atoms with Crippen LogP contribution in [0.15, 0.2) is 30.3 Å². The summed E-state index contributed by atoms with van der Waals surface area (Å²) < 4.78 is 37.6. The van der Waals surface area contributed by atoms with Crippen LogP contribution in [0.25, 0.3) is 0 Å². The van der Waals surface area contributed by atoms with Gasteiger partial charge in [-0.2, -0.15) is 0 Å². The van der Waals surface area contributed by atoms with Crippen LogP contribution in [0.1, 0.15) is 23.5 Å². The molecule has 0 spiro atoms. The summed E-state index contributed by atoms with van der Waals surface area (Å²) >= 11 is 0. The van der Waals surface area contributed by atoms with Crippen LogP contribution in [0, 0.1) is 11.6 Å². The van der Waals surface area contributed by atoms with Gasteiger partial charge in [0.1, 0.15) is 11.6 Å². The van der Waals surface area contributed by atoms with Crippen molar-refractivity contribution in [2.45, 2.75) is 12.3 Å². The van der Waals surface area contributed by atoms with Crippen LogP contribution in [0.4, 0.5) is 14.5 Å². The van der Waals surface area contributed by atoms with E-state index in [9.17, 15) is 13.6 Å². The molecule has 0 unspecified atom stereocenters. The Morgan fingerprint density at radius 2 is 1.68 bits per heavy atom. The van der Waals surface area contributed by atoms with Crippen LogP contribution >= 0.6 is 0 Å². The number of nitrogens with one attached hydrogen (secondary N) is 1. The molecule has 4 nitrogen and oxygen atoms in total. The van der Waals surface area contributed by atoms with Crippen LogP contribution in [0.2, 0.25) is 0 Å². The van der Waals surface area contributed by atoms with Crippen LogP contribution < -0.4 is 14.8 Å². The minimum atomic E-state index is -0.664. The largest absolute Gasteiger partial charge is 0.454 e. The lowest BCUT2D eigenvalue weighted by Crippen LogP contribution is -2.23. The molecule has 2 aliphatic rings. The summed E-state index contributed by atoms with van der Waals surface area (Å²) in [6.45, 7) is 0.117. The molecule has 2 heterocycles. The molecule has 22 heavy (non-hydrogen) atoms. The molecule has 4 rings (SSSR count). The second-order valence-electron chi connectivity index (χ2n) is 5.30. The van der Waals surface area contributed by atoms with Crippen molar-refractivity contribution in [1.29, 1.82) is 0 Å². The molecule has 1 atom stereocenters. The lowest BCUT2D eigenvalue weighted by Gasteiger charge is -2.26. The highest BCUT2D eigenvalue weighted by molar-refractivity contribution is 5.96. The van der Waals surface area contributed by atoms with Gasteiger partial charge >= 0.3 is 0 Å². The van der Waals surface area contributed by atoms with E-state index in [1.165, 1.54) is 12.1 Å². The van der Waals surface area contributed by atoms with Crippen LogP contribution in [0.3, 0.4) is 0 Å². The molecule has 1 amide bonds. The Morgan fingerprint density at radius 1 is 1.00 bits per heavy atom. The highest BCUT2D eigenvalue weighted by atomic mass is 19.1. The van der Waals surface area contributed by atoms with Crippen molar-refractivity contribution in [3.05, 3.63) is 53.1 Å². The molecular weight excluding hydrogens is 292 g/mol. The Kier molecular flexibility index (Phi) is 2.79. The quantitative estimate of drug-likeness (QED) is 0.880. The maximum atomic E-state index is 13.5. The standard InChI is InChI=1S/C16H11F2NO3/c17-9-1-8(2-10(18)3-9)11-5-16(20)19-13-6-15-14(4-12(11)13)21-7-22-15/h1-4,6,11H,5,7H2,(H,19,20)/t11-/m0/s1. The second kappa shape index (κ2) is 4.69. The number of halogens is 2. The number of anilines is 1. The highest BCUT2D eigenvalue weighted by Gasteiger charge is 2.30. The molecule has 6 heteroatoms. The van der Waals surface area contributed by atoms with Gasteiger partial charge in [0.15, 0.2) is 11.5 Å². The number of ether oxygens (including phenoxy) is 2. The fraction of sp³-hybridized carbons (Fsp3) is 0.188. The summed E-state index contributed by atoms with van der Waals surface area (Å²) in [7, 11) is 0. The van der Waals surface area contributed by atoms with Gasteiger partial charge in [0.2, 0.25) is 12.7 Å². The van der Waals surface area contributed by atoms with Gasteiger partial charge in [0.05, 0.1) is 0 Å². The monoisotopic (exact) mass is 303 g/mol. The number of carbonyl (C=O) groups excluding carboxylic acids is 1. The van der Waals surface area contributed by atoms with E-state index in [1.54, 1.807) is 12.1 Å². The molecular formula is C16H11F2NO3. The van der Waals surface area contributed by atoms with Gasteiger partial charge in [-0.05, 0) is 29.3 Å². The van der Waals surface area contributed by atoms with Gasteiger partial charge < -0.3 is 14.8 Å². The maximum Gasteiger partial charge on any atom is 0.231 e. The van der Waals surface area contributed by atoms with E-state index in [0.29, 0.717) is 22.7 Å². The topological polar surface area (TPSA) is 47.6 Å². The molecule has 2 aliphatic heterocycles. The van der Waals surface area contributed by atoms with E-state index in [1.807, 2.05) is 0 Å². The van der Waals surface area contributed by atoms with E-state index >= 15 is 0 Å². The first-order valence-electron chi connectivity index (χ1n) is 6.79. The minimum Gasteiger partial charge on any atom is -0.454 e. The molecule has 0 saturated heterocycles. The number of fused-ring (bicyclic) bond motifs is 2. The average molecular weight is 303 g/mol. The van der Waals surface area contributed by atoms with Gasteiger partial charge in [-0.25, -0.2) is 8.78 Å². The summed E-state index contributed by atoms with van der Waals surface area (Å²) in [5, 5.41) is 2.76. The number of hydrogen-bond acceptors (Lipinski definition) is 3. The Balaban J connectivity index is 1.86. The zero-order valence-electron chi connectivity index (χ0n) is 11.4. The van der Waals surface area contributed by atoms with Crippen molar-refractivity contribution in [3.63, 3.8) is 0 Å². The Bertz CT molecular complexity index is 771. The van der Waals surface area contributed by atoms with Gasteiger partial charge in [0, 0.05) is 30.2 Å². The SMILES string of the molecule is O=C1C[C@@H](c2cc(F)cc(F)c2)c2cc3c(cc2N1)OCO3. The van der Waals surface area contributed by atoms with Crippen molar-refractivity contribution in [2.24, 2.45) is 0 Å². The Morgan fingerprint density at radius 3 is 2.41 bits per heavy atom. The van der Waals surface area contributed by atoms with Crippen LogP contribution in [-0.4, -0.2) is 12.7 Å². The van der Waals surface area contributed by atoms with E-state index < -0.39 is 17.6 Å². The van der Waals surface area contributed by atoms with Crippen LogP contribution in [-0.2, 0) is 4.79 Å². The number of carbonyl (C=O) groups is 1. The summed E-state index contributed by atoms with van der Waals surface area (Å²) in [5.74, 6) is -0.849. The van der Waals surface area contributed by atoms with Crippen molar-refractivity contribution in [2.75, 3.05) is 12.1 Å². The summed E-state index contributed by atoms with van der Waals surface area (Å²) in [6.07, 6.45) is 0.121. The predicted molar refractivity (Wildman–Crippen MR) is 74.0 cm³/mol. The van der Waals surface area contributed by atoms with E-state index in [-0.39, 0.29) is 19.1 Å². The highest BCUT2D eigenvalue weighted by Crippen LogP contribution is 2.44. The van der Waals surface area contributed by atoms with Crippen molar-refractivity contribution < 1.29 is 23.0 Å². The Hall–Kier alpha value is -2.63. The summed E-state index contributed by atoms with van der Waals surface area (Å²) in [5.41, 5.74) is 1.76. The molecule has 0 radical (unpaired) electrons. The smallest absolute Gasteiger partial charge is 0.231 e. The third kappa shape index (κ3) is 2.07. The molecule has 2 aromatic carbocycles. The summed E-state index contributed by atoms with van der Waals surface area (Å²) in [6, 6.07) is 6.75. The molecule has 0 saturated carbocycles. The molecule has 0 fully saturated rings. The predicted octanol–water partition coefficient (Wildman–Crippen LogP) is 3.17. The molecule has 0 aliphatic carbocycles. The fourth-order valence-corrected chi connectivity index (χ4v) is 2.92. The number of amides is 1. The van der Waals surface area contributed by atoms with Crippen LogP contribution in [0.5, 0.6) is 11.5 Å². The molecule has 0 aromatic heterocycles. The minimum absolute atomic E-state index is 0.117. The zero-order chi connectivity index (χ0) is 15.3. The van der Waals surface area contributed by atoms with E-state index in [2.05, 4.69) is 5.32 Å². The third-order valence-electron chi connectivity index (χ3n) is 3.87. The van der Waals surface area contributed by atoms with E-state index in [0.717, 1.165) is 11.6 Å².